The van der Waals surface area contributed by atoms with E-state index in [0.717, 1.165) is 11.1 Å². The van der Waals surface area contributed by atoms with Crippen LogP contribution in [0.3, 0.4) is 0 Å². The normalized spacial score (nSPS) is 11.5. The molecule has 2 aromatic rings. The quantitative estimate of drug-likeness (QED) is 0.946. The molecule has 0 atom stereocenters. The van der Waals surface area contributed by atoms with Gasteiger partial charge in [0.05, 0.1) is 4.90 Å². The van der Waals surface area contributed by atoms with Crippen molar-refractivity contribution in [2.24, 2.45) is 5.14 Å². The average Bonchev–Trinajstić information content (AvgIpc) is 2.30. The highest BCUT2D eigenvalue weighted by atomic mass is 35.5. The predicted octanol–water partition coefficient (Wildman–Crippen LogP) is 2.89. The van der Waals surface area contributed by atoms with Crippen molar-refractivity contribution in [2.75, 3.05) is 0 Å². The summed E-state index contributed by atoms with van der Waals surface area (Å²) in [6.07, 6.45) is 0.438. The number of rotatable bonds is 3. The lowest BCUT2D eigenvalue weighted by Gasteiger charge is -2.10. The van der Waals surface area contributed by atoms with E-state index in [4.69, 9.17) is 16.7 Å². The largest absolute Gasteiger partial charge is 0.238 e. The molecule has 2 N–H and O–H groups in total. The number of hydrogen-bond acceptors (Lipinski definition) is 2. The van der Waals surface area contributed by atoms with Crippen LogP contribution in [0.15, 0.2) is 47.4 Å². The van der Waals surface area contributed by atoms with Crippen molar-refractivity contribution in [3.63, 3.8) is 0 Å². The molecule has 2 rings (SSSR count). The average molecular weight is 296 g/mol. The molecule has 0 radical (unpaired) electrons. The highest BCUT2D eigenvalue weighted by Gasteiger charge is 2.14. The van der Waals surface area contributed by atoms with Gasteiger partial charge in [-0.15, -0.1) is 0 Å². The minimum absolute atomic E-state index is 0.151. The second-order valence-corrected chi connectivity index (χ2v) is 6.36. The van der Waals surface area contributed by atoms with Crippen LogP contribution in [0.25, 0.3) is 0 Å². The Labute approximate surface area is 118 Å². The molecular weight excluding hydrogens is 282 g/mol. The van der Waals surface area contributed by atoms with E-state index in [1.807, 2.05) is 31.2 Å². The molecule has 2 aromatic carbocycles. The summed E-state index contributed by atoms with van der Waals surface area (Å²) in [6, 6.07) is 12.5. The summed E-state index contributed by atoms with van der Waals surface area (Å²) in [5.74, 6) is 0. The van der Waals surface area contributed by atoms with Crippen LogP contribution >= 0.6 is 11.6 Å². The molecule has 0 saturated carbocycles. The van der Waals surface area contributed by atoms with E-state index in [1.54, 1.807) is 12.1 Å². The first-order valence-corrected chi connectivity index (χ1v) is 7.66. The second kappa shape index (κ2) is 5.33. The van der Waals surface area contributed by atoms with Gasteiger partial charge in [0.15, 0.2) is 0 Å². The zero-order valence-corrected chi connectivity index (χ0v) is 12.0. The summed E-state index contributed by atoms with van der Waals surface area (Å²) in [5.41, 5.74) is 2.52. The first-order chi connectivity index (χ1) is 8.88. The van der Waals surface area contributed by atoms with E-state index < -0.39 is 10.0 Å². The van der Waals surface area contributed by atoms with Crippen LogP contribution in [0.5, 0.6) is 0 Å². The maximum atomic E-state index is 11.6. The monoisotopic (exact) mass is 295 g/mol. The Balaban J connectivity index is 2.51. The van der Waals surface area contributed by atoms with Gasteiger partial charge in [-0.3, -0.25) is 0 Å². The maximum Gasteiger partial charge on any atom is 0.238 e. The zero-order valence-electron chi connectivity index (χ0n) is 10.4. The van der Waals surface area contributed by atoms with Crippen molar-refractivity contribution in [1.29, 1.82) is 0 Å². The van der Waals surface area contributed by atoms with Gasteiger partial charge in [-0.2, -0.15) is 0 Å². The summed E-state index contributed by atoms with van der Waals surface area (Å²) in [7, 11) is -3.73. The van der Waals surface area contributed by atoms with Crippen LogP contribution in [0, 0.1) is 6.92 Å². The molecule has 0 aliphatic rings. The van der Waals surface area contributed by atoms with E-state index in [1.165, 1.54) is 6.07 Å². The molecule has 3 nitrogen and oxygen atoms in total. The molecule has 0 aromatic heterocycles. The van der Waals surface area contributed by atoms with Gasteiger partial charge in [-0.05, 0) is 30.2 Å². The van der Waals surface area contributed by atoms with E-state index >= 15 is 0 Å². The molecule has 0 spiro atoms. The highest BCUT2D eigenvalue weighted by molar-refractivity contribution is 7.89. The van der Waals surface area contributed by atoms with Crippen LogP contribution in [-0.2, 0) is 16.4 Å². The fourth-order valence-corrected chi connectivity index (χ4v) is 2.93. The third-order valence-corrected chi connectivity index (χ3v) is 4.24. The standard InChI is InChI=1S/C14H14ClNO2S/c1-10-6-7-14(19(16,17)18)12(8-10)9-11-4-2-3-5-13(11)15/h2-8H,9H2,1H3,(H2,16,17,18). The van der Waals surface area contributed by atoms with Gasteiger partial charge in [0.25, 0.3) is 0 Å². The van der Waals surface area contributed by atoms with Crippen molar-refractivity contribution >= 4 is 21.6 Å². The van der Waals surface area contributed by atoms with Crippen molar-refractivity contribution in [1.82, 2.24) is 0 Å². The van der Waals surface area contributed by atoms with Crippen LogP contribution in [0.1, 0.15) is 16.7 Å². The lowest BCUT2D eigenvalue weighted by atomic mass is 10.0. The molecule has 0 bridgehead atoms. The Morgan fingerprint density at radius 2 is 1.79 bits per heavy atom. The number of halogens is 1. The lowest BCUT2D eigenvalue weighted by Crippen LogP contribution is -2.15. The summed E-state index contributed by atoms with van der Waals surface area (Å²) in [5, 5.41) is 5.85. The van der Waals surface area contributed by atoms with Crippen LogP contribution in [0.4, 0.5) is 0 Å². The van der Waals surface area contributed by atoms with Gasteiger partial charge in [-0.25, -0.2) is 13.6 Å². The van der Waals surface area contributed by atoms with E-state index in [2.05, 4.69) is 0 Å². The molecular formula is C14H14ClNO2S. The van der Waals surface area contributed by atoms with Crippen molar-refractivity contribution in [3.05, 3.63) is 64.2 Å². The number of primary sulfonamides is 1. The summed E-state index contributed by atoms with van der Waals surface area (Å²) >= 11 is 6.10. The third-order valence-electron chi connectivity index (χ3n) is 2.86. The molecule has 0 amide bonds. The van der Waals surface area contributed by atoms with Crippen LogP contribution < -0.4 is 5.14 Å². The van der Waals surface area contributed by atoms with Crippen LogP contribution in [0.2, 0.25) is 5.02 Å². The van der Waals surface area contributed by atoms with Gasteiger partial charge < -0.3 is 0 Å². The molecule has 100 valence electrons. The summed E-state index contributed by atoms with van der Waals surface area (Å²) in [6.45, 7) is 1.91. The van der Waals surface area contributed by atoms with Crippen LogP contribution in [-0.4, -0.2) is 8.42 Å². The smallest absolute Gasteiger partial charge is 0.225 e. The molecule has 0 aliphatic carbocycles. The summed E-state index contributed by atoms with van der Waals surface area (Å²) in [4.78, 5) is 0.151. The van der Waals surface area contributed by atoms with E-state index in [9.17, 15) is 8.42 Å². The Morgan fingerprint density at radius 1 is 1.11 bits per heavy atom. The lowest BCUT2D eigenvalue weighted by molar-refractivity contribution is 0.597. The van der Waals surface area contributed by atoms with Crippen molar-refractivity contribution < 1.29 is 8.42 Å². The van der Waals surface area contributed by atoms with Gasteiger partial charge in [0.2, 0.25) is 10.0 Å². The SMILES string of the molecule is Cc1ccc(S(N)(=O)=O)c(Cc2ccccc2Cl)c1. The fraction of sp³-hybridized carbons (Fsp3) is 0.143. The number of sulfonamides is 1. The van der Waals surface area contributed by atoms with Gasteiger partial charge in [-0.1, -0.05) is 47.5 Å². The Bertz CT molecular complexity index is 711. The minimum Gasteiger partial charge on any atom is -0.225 e. The second-order valence-electron chi connectivity index (χ2n) is 4.42. The molecule has 0 heterocycles. The number of hydrogen-bond donors (Lipinski definition) is 1. The Morgan fingerprint density at radius 3 is 2.42 bits per heavy atom. The topological polar surface area (TPSA) is 60.2 Å². The summed E-state index contributed by atoms with van der Waals surface area (Å²) < 4.78 is 23.2. The van der Waals surface area contributed by atoms with Gasteiger partial charge >= 0.3 is 0 Å². The highest BCUT2D eigenvalue weighted by Crippen LogP contribution is 2.23. The zero-order chi connectivity index (χ0) is 14.0. The molecule has 0 saturated heterocycles. The predicted molar refractivity (Wildman–Crippen MR) is 76.8 cm³/mol. The molecule has 0 fully saturated rings. The minimum atomic E-state index is -3.73. The van der Waals surface area contributed by atoms with Crippen molar-refractivity contribution in [3.8, 4) is 0 Å². The molecule has 5 heteroatoms. The molecule has 0 aliphatic heterocycles. The van der Waals surface area contributed by atoms with Gasteiger partial charge in [0, 0.05) is 11.4 Å². The number of nitrogens with two attached hydrogens (primary N) is 1. The van der Waals surface area contributed by atoms with E-state index in [0.29, 0.717) is 17.0 Å². The Hall–Kier alpha value is -1.36. The fourth-order valence-electron chi connectivity index (χ4n) is 1.97. The number of aryl methyl sites for hydroxylation is 1. The molecule has 19 heavy (non-hydrogen) atoms. The molecule has 0 unspecified atom stereocenters. The maximum absolute atomic E-state index is 11.6. The first-order valence-electron chi connectivity index (χ1n) is 5.73. The number of benzene rings is 2. The van der Waals surface area contributed by atoms with E-state index in [-0.39, 0.29) is 4.90 Å². The Kier molecular flexibility index (Phi) is 3.94. The first kappa shape index (κ1) is 14.1. The third kappa shape index (κ3) is 3.35. The van der Waals surface area contributed by atoms with Crippen molar-refractivity contribution in [2.45, 2.75) is 18.2 Å². The van der Waals surface area contributed by atoms with Gasteiger partial charge in [0.1, 0.15) is 0 Å².